The summed E-state index contributed by atoms with van der Waals surface area (Å²) < 4.78 is 27.3. The quantitative estimate of drug-likeness (QED) is 0.808. The van der Waals surface area contributed by atoms with Crippen molar-refractivity contribution in [3.63, 3.8) is 0 Å². The maximum Gasteiger partial charge on any atom is 0.137 e. The highest BCUT2D eigenvalue weighted by molar-refractivity contribution is 9.10. The van der Waals surface area contributed by atoms with Crippen molar-refractivity contribution in [3.05, 3.63) is 68.7 Å². The highest BCUT2D eigenvalue weighted by Gasteiger charge is 2.16. The summed E-state index contributed by atoms with van der Waals surface area (Å²) in [6.07, 6.45) is -0.821. The van der Waals surface area contributed by atoms with Crippen molar-refractivity contribution in [2.75, 3.05) is 0 Å². The molecule has 0 aliphatic heterocycles. The van der Waals surface area contributed by atoms with E-state index in [0.29, 0.717) is 0 Å². The molecule has 4 heteroatoms. The van der Waals surface area contributed by atoms with E-state index in [9.17, 15) is 13.9 Å². The SMILES string of the molecule is Cc1ccc(CC(O)c2cc(F)c(Br)cc2F)cc1C. The molecule has 1 atom stereocenters. The second-order valence-electron chi connectivity index (χ2n) is 4.93. The average molecular weight is 341 g/mol. The minimum Gasteiger partial charge on any atom is -0.388 e. The summed E-state index contributed by atoms with van der Waals surface area (Å²) in [6, 6.07) is 7.86. The van der Waals surface area contributed by atoms with Crippen molar-refractivity contribution >= 4 is 15.9 Å². The Morgan fingerprint density at radius 3 is 2.40 bits per heavy atom. The Morgan fingerprint density at radius 1 is 1.05 bits per heavy atom. The number of hydrogen-bond donors (Lipinski definition) is 1. The summed E-state index contributed by atoms with van der Waals surface area (Å²) in [6.45, 7) is 3.98. The summed E-state index contributed by atoms with van der Waals surface area (Å²) in [5, 5.41) is 10.1. The van der Waals surface area contributed by atoms with Gasteiger partial charge in [-0.1, -0.05) is 18.2 Å². The van der Waals surface area contributed by atoms with E-state index in [-0.39, 0.29) is 16.5 Å². The molecule has 0 radical (unpaired) electrons. The van der Waals surface area contributed by atoms with Crippen LogP contribution in [-0.4, -0.2) is 5.11 Å². The van der Waals surface area contributed by atoms with Crippen molar-refractivity contribution in [1.29, 1.82) is 0 Å². The Hall–Kier alpha value is -1.26. The van der Waals surface area contributed by atoms with Gasteiger partial charge in [0.05, 0.1) is 10.6 Å². The number of aryl methyl sites for hydroxylation is 2. The van der Waals surface area contributed by atoms with Gasteiger partial charge in [0.2, 0.25) is 0 Å². The number of aliphatic hydroxyl groups is 1. The first-order valence-corrected chi connectivity index (χ1v) is 7.06. The van der Waals surface area contributed by atoms with E-state index >= 15 is 0 Å². The van der Waals surface area contributed by atoms with Crippen molar-refractivity contribution in [2.45, 2.75) is 26.4 Å². The van der Waals surface area contributed by atoms with Gasteiger partial charge in [-0.25, -0.2) is 8.78 Å². The van der Waals surface area contributed by atoms with Gasteiger partial charge in [0, 0.05) is 12.0 Å². The van der Waals surface area contributed by atoms with E-state index in [2.05, 4.69) is 15.9 Å². The van der Waals surface area contributed by atoms with E-state index in [1.165, 1.54) is 0 Å². The molecular weight excluding hydrogens is 326 g/mol. The predicted octanol–water partition coefficient (Wildman–Crippen LogP) is 4.62. The molecular formula is C16H15BrF2O. The molecule has 0 saturated carbocycles. The Morgan fingerprint density at radius 2 is 1.75 bits per heavy atom. The van der Waals surface area contributed by atoms with Crippen LogP contribution in [0.2, 0.25) is 0 Å². The van der Waals surface area contributed by atoms with Crippen molar-refractivity contribution < 1.29 is 13.9 Å². The number of benzene rings is 2. The van der Waals surface area contributed by atoms with Crippen LogP contribution >= 0.6 is 15.9 Å². The van der Waals surface area contributed by atoms with Crippen LogP contribution in [0.5, 0.6) is 0 Å². The van der Waals surface area contributed by atoms with E-state index in [1.807, 2.05) is 32.0 Å². The monoisotopic (exact) mass is 340 g/mol. The van der Waals surface area contributed by atoms with Crippen molar-refractivity contribution in [1.82, 2.24) is 0 Å². The van der Waals surface area contributed by atoms with Gasteiger partial charge in [-0.3, -0.25) is 0 Å². The van der Waals surface area contributed by atoms with Gasteiger partial charge in [0.25, 0.3) is 0 Å². The van der Waals surface area contributed by atoms with E-state index < -0.39 is 17.7 Å². The predicted molar refractivity (Wildman–Crippen MR) is 78.6 cm³/mol. The fraction of sp³-hybridized carbons (Fsp3) is 0.250. The third-order valence-electron chi connectivity index (χ3n) is 3.40. The summed E-state index contributed by atoms with van der Waals surface area (Å²) >= 11 is 2.92. The molecule has 1 unspecified atom stereocenters. The number of hydrogen-bond acceptors (Lipinski definition) is 1. The van der Waals surface area contributed by atoms with Gasteiger partial charge in [-0.2, -0.15) is 0 Å². The Kier molecular flexibility index (Phi) is 4.55. The lowest BCUT2D eigenvalue weighted by molar-refractivity contribution is 0.173. The van der Waals surface area contributed by atoms with Gasteiger partial charge in [0.15, 0.2) is 0 Å². The maximum atomic E-state index is 13.8. The molecule has 1 nitrogen and oxygen atoms in total. The molecule has 2 aromatic carbocycles. The Bertz CT molecular complexity index is 641. The summed E-state index contributed by atoms with van der Waals surface area (Å²) in [7, 11) is 0. The van der Waals surface area contributed by atoms with Crippen molar-refractivity contribution in [3.8, 4) is 0 Å². The topological polar surface area (TPSA) is 20.2 Å². The second-order valence-corrected chi connectivity index (χ2v) is 5.78. The minimum absolute atomic E-state index is 0.0241. The largest absolute Gasteiger partial charge is 0.388 e. The zero-order valence-corrected chi connectivity index (χ0v) is 12.8. The highest BCUT2D eigenvalue weighted by Crippen LogP contribution is 2.26. The van der Waals surface area contributed by atoms with Gasteiger partial charge in [-0.15, -0.1) is 0 Å². The van der Waals surface area contributed by atoms with Crippen molar-refractivity contribution in [2.24, 2.45) is 0 Å². The molecule has 0 amide bonds. The first-order chi connectivity index (χ1) is 9.38. The van der Waals surface area contributed by atoms with Crippen LogP contribution in [0.4, 0.5) is 8.78 Å². The lowest BCUT2D eigenvalue weighted by Crippen LogP contribution is -2.06. The van der Waals surface area contributed by atoms with Crippen LogP contribution in [0.25, 0.3) is 0 Å². The molecule has 1 N–H and O–H groups in total. The molecule has 0 spiro atoms. The van der Waals surface area contributed by atoms with Crippen LogP contribution in [0, 0.1) is 25.5 Å². The Balaban J connectivity index is 2.25. The first kappa shape index (κ1) is 15.1. The lowest BCUT2D eigenvalue weighted by atomic mass is 9.98. The summed E-state index contributed by atoms with van der Waals surface area (Å²) in [4.78, 5) is 0. The molecule has 2 rings (SSSR count). The van der Waals surface area contributed by atoms with E-state index in [0.717, 1.165) is 28.8 Å². The fourth-order valence-corrected chi connectivity index (χ4v) is 2.37. The third-order valence-corrected chi connectivity index (χ3v) is 4.01. The summed E-state index contributed by atoms with van der Waals surface area (Å²) in [5.41, 5.74) is 3.13. The number of rotatable bonds is 3. The normalized spacial score (nSPS) is 12.5. The molecule has 20 heavy (non-hydrogen) atoms. The molecule has 0 heterocycles. The molecule has 0 aromatic heterocycles. The molecule has 0 bridgehead atoms. The molecule has 0 saturated heterocycles. The average Bonchev–Trinajstić information content (AvgIpc) is 2.38. The van der Waals surface area contributed by atoms with Gasteiger partial charge in [0.1, 0.15) is 11.6 Å². The molecule has 0 aliphatic rings. The summed E-state index contributed by atoms with van der Waals surface area (Å²) in [5.74, 6) is -1.20. The number of aliphatic hydroxyl groups excluding tert-OH is 1. The molecule has 2 aromatic rings. The van der Waals surface area contributed by atoms with Crippen LogP contribution < -0.4 is 0 Å². The van der Waals surface area contributed by atoms with Crippen LogP contribution in [-0.2, 0) is 6.42 Å². The van der Waals surface area contributed by atoms with Gasteiger partial charge >= 0.3 is 0 Å². The van der Waals surface area contributed by atoms with E-state index in [4.69, 9.17) is 0 Å². The molecule has 0 aliphatic carbocycles. The lowest BCUT2D eigenvalue weighted by Gasteiger charge is -2.14. The molecule has 106 valence electrons. The zero-order chi connectivity index (χ0) is 14.9. The first-order valence-electron chi connectivity index (χ1n) is 6.27. The van der Waals surface area contributed by atoms with Gasteiger partial charge < -0.3 is 5.11 Å². The standard InChI is InChI=1S/C16H15BrF2O/c1-9-3-4-11(5-10(9)2)6-16(20)12-7-15(19)13(17)8-14(12)18/h3-5,7-8,16,20H,6H2,1-2H3. The zero-order valence-electron chi connectivity index (χ0n) is 11.3. The van der Waals surface area contributed by atoms with Crippen LogP contribution in [0.15, 0.2) is 34.8 Å². The minimum atomic E-state index is -1.07. The van der Waals surface area contributed by atoms with Crippen LogP contribution in [0.1, 0.15) is 28.4 Å². The number of halogens is 3. The Labute approximate surface area is 125 Å². The van der Waals surface area contributed by atoms with Gasteiger partial charge in [-0.05, 0) is 58.6 Å². The van der Waals surface area contributed by atoms with E-state index in [1.54, 1.807) is 0 Å². The third kappa shape index (κ3) is 3.25. The smallest absolute Gasteiger partial charge is 0.137 e. The maximum absolute atomic E-state index is 13.8. The highest BCUT2D eigenvalue weighted by atomic mass is 79.9. The fourth-order valence-electron chi connectivity index (χ4n) is 2.06. The molecule has 0 fully saturated rings. The second kappa shape index (κ2) is 6.02. The van der Waals surface area contributed by atoms with Crippen LogP contribution in [0.3, 0.4) is 0 Å².